The first-order valence-electron chi connectivity index (χ1n) is 5.08. The summed E-state index contributed by atoms with van der Waals surface area (Å²) in [7, 11) is 1.38. The molecule has 0 radical (unpaired) electrons. The monoisotopic (exact) mass is 261 g/mol. The normalized spacial score (nSPS) is 12.2. The molecule has 0 heterocycles. The van der Waals surface area contributed by atoms with Crippen LogP contribution in [0.15, 0.2) is 12.1 Å². The van der Waals surface area contributed by atoms with Gasteiger partial charge in [0.15, 0.2) is 0 Å². The minimum atomic E-state index is -1.42. The maximum Gasteiger partial charge on any atom is 0.335 e. The molecule has 1 aromatic rings. The van der Waals surface area contributed by atoms with E-state index in [2.05, 4.69) is 5.32 Å². The molecule has 0 amide bonds. The molecule has 0 saturated carbocycles. The third kappa shape index (κ3) is 3.38. The number of methoxy groups -OCH3 is 1. The summed E-state index contributed by atoms with van der Waals surface area (Å²) in [4.78, 5) is 10.6. The molecule has 1 rings (SSSR count). The number of hydrogen-bond acceptors (Lipinski definition) is 4. The van der Waals surface area contributed by atoms with Crippen LogP contribution in [0.5, 0.6) is 0 Å². The van der Waals surface area contributed by atoms with Crippen LogP contribution in [0, 0.1) is 11.6 Å². The number of ether oxygens (including phenoxy) is 1. The first-order chi connectivity index (χ1) is 8.49. The Morgan fingerprint density at radius 3 is 2.39 bits per heavy atom. The van der Waals surface area contributed by atoms with E-state index in [4.69, 9.17) is 14.9 Å². The van der Waals surface area contributed by atoms with E-state index in [0.717, 1.165) is 0 Å². The highest BCUT2D eigenvalue weighted by atomic mass is 19.1. The van der Waals surface area contributed by atoms with Gasteiger partial charge in [0.25, 0.3) is 0 Å². The van der Waals surface area contributed by atoms with Gasteiger partial charge in [-0.25, -0.2) is 13.6 Å². The van der Waals surface area contributed by atoms with E-state index in [1.165, 1.54) is 7.11 Å². The SMILES string of the molecule is COCC(CO)Nc1c(F)cc(C(=O)O)cc1F. The lowest BCUT2D eigenvalue weighted by Crippen LogP contribution is -2.29. The summed E-state index contributed by atoms with van der Waals surface area (Å²) in [6, 6.07) is 0.721. The Bertz CT molecular complexity index is 416. The molecular formula is C11H13F2NO4. The van der Waals surface area contributed by atoms with Gasteiger partial charge in [-0.2, -0.15) is 0 Å². The minimum absolute atomic E-state index is 0.0516. The van der Waals surface area contributed by atoms with Gasteiger partial charge in [0, 0.05) is 7.11 Å². The topological polar surface area (TPSA) is 78.8 Å². The van der Waals surface area contributed by atoms with Crippen LogP contribution in [0.25, 0.3) is 0 Å². The number of carbonyl (C=O) groups is 1. The second-order valence-corrected chi connectivity index (χ2v) is 3.60. The second-order valence-electron chi connectivity index (χ2n) is 3.60. The predicted molar refractivity (Wildman–Crippen MR) is 59.7 cm³/mol. The van der Waals surface area contributed by atoms with Gasteiger partial charge in [-0.05, 0) is 12.1 Å². The summed E-state index contributed by atoms with van der Waals surface area (Å²) in [5, 5.41) is 20.0. The highest BCUT2D eigenvalue weighted by Crippen LogP contribution is 2.21. The fraction of sp³-hybridized carbons (Fsp3) is 0.364. The number of nitrogens with one attached hydrogen (secondary N) is 1. The van der Waals surface area contributed by atoms with Crippen molar-refractivity contribution in [2.75, 3.05) is 25.6 Å². The van der Waals surface area contributed by atoms with E-state index < -0.39 is 34.9 Å². The molecule has 18 heavy (non-hydrogen) atoms. The summed E-state index contributed by atoms with van der Waals surface area (Å²) in [5.74, 6) is -3.50. The molecule has 1 aromatic carbocycles. The lowest BCUT2D eigenvalue weighted by Gasteiger charge is -2.17. The van der Waals surface area contributed by atoms with Crippen LogP contribution in [-0.4, -0.2) is 42.5 Å². The number of anilines is 1. The van der Waals surface area contributed by atoms with Crippen molar-refractivity contribution in [3.63, 3.8) is 0 Å². The molecule has 0 aliphatic carbocycles. The molecule has 0 fully saturated rings. The molecule has 1 atom stereocenters. The van der Waals surface area contributed by atoms with Crippen molar-refractivity contribution in [1.82, 2.24) is 0 Å². The summed E-state index contributed by atoms with van der Waals surface area (Å²) < 4.78 is 31.8. The molecular weight excluding hydrogens is 248 g/mol. The molecule has 0 spiro atoms. The molecule has 0 aliphatic rings. The molecule has 1 unspecified atom stereocenters. The standard InChI is InChI=1S/C11H13F2NO4/c1-18-5-7(4-15)14-10-8(12)2-6(11(16)17)3-9(10)13/h2-3,7,14-15H,4-5H2,1H3,(H,16,17). The van der Waals surface area contributed by atoms with Crippen LogP contribution in [0.1, 0.15) is 10.4 Å². The summed E-state index contributed by atoms with van der Waals surface area (Å²) in [5.41, 5.74) is -0.973. The third-order valence-electron chi connectivity index (χ3n) is 2.23. The fourth-order valence-corrected chi connectivity index (χ4v) is 1.38. The highest BCUT2D eigenvalue weighted by Gasteiger charge is 2.17. The first-order valence-corrected chi connectivity index (χ1v) is 5.08. The fourth-order valence-electron chi connectivity index (χ4n) is 1.38. The second kappa shape index (κ2) is 6.27. The van der Waals surface area contributed by atoms with E-state index in [9.17, 15) is 13.6 Å². The van der Waals surface area contributed by atoms with E-state index in [1.807, 2.05) is 0 Å². The third-order valence-corrected chi connectivity index (χ3v) is 2.23. The molecule has 0 aliphatic heterocycles. The van der Waals surface area contributed by atoms with Crippen molar-refractivity contribution < 1.29 is 28.5 Å². The first kappa shape index (κ1) is 14.3. The van der Waals surface area contributed by atoms with Crippen LogP contribution in [-0.2, 0) is 4.74 Å². The molecule has 0 saturated heterocycles. The maximum absolute atomic E-state index is 13.5. The number of aliphatic hydroxyl groups excluding tert-OH is 1. The number of aliphatic hydroxyl groups is 1. The lowest BCUT2D eigenvalue weighted by molar-refractivity contribution is 0.0695. The van der Waals surface area contributed by atoms with Gasteiger partial charge in [-0.15, -0.1) is 0 Å². The zero-order chi connectivity index (χ0) is 13.7. The largest absolute Gasteiger partial charge is 0.478 e. The van der Waals surface area contributed by atoms with Crippen molar-refractivity contribution in [2.24, 2.45) is 0 Å². The summed E-state index contributed by atoms with van der Waals surface area (Å²) >= 11 is 0. The average molecular weight is 261 g/mol. The van der Waals surface area contributed by atoms with Gasteiger partial charge in [-0.3, -0.25) is 0 Å². The number of halogens is 2. The molecule has 7 heteroatoms. The smallest absolute Gasteiger partial charge is 0.335 e. The predicted octanol–water partition coefficient (Wildman–Crippen LogP) is 1.08. The summed E-state index contributed by atoms with van der Waals surface area (Å²) in [6.07, 6.45) is 0. The number of carboxylic acid groups (broad SMARTS) is 1. The van der Waals surface area contributed by atoms with E-state index in [0.29, 0.717) is 12.1 Å². The maximum atomic E-state index is 13.5. The van der Waals surface area contributed by atoms with Gasteiger partial charge in [0.2, 0.25) is 0 Å². The number of aromatic carboxylic acids is 1. The molecule has 0 bridgehead atoms. The van der Waals surface area contributed by atoms with Gasteiger partial charge < -0.3 is 20.3 Å². The van der Waals surface area contributed by atoms with Crippen LogP contribution in [0.2, 0.25) is 0 Å². The van der Waals surface area contributed by atoms with Crippen molar-refractivity contribution in [2.45, 2.75) is 6.04 Å². The van der Waals surface area contributed by atoms with Gasteiger partial charge >= 0.3 is 5.97 Å². The van der Waals surface area contributed by atoms with Crippen molar-refractivity contribution in [1.29, 1.82) is 0 Å². The molecule has 100 valence electrons. The minimum Gasteiger partial charge on any atom is -0.478 e. The van der Waals surface area contributed by atoms with Gasteiger partial charge in [0.05, 0.1) is 24.8 Å². The van der Waals surface area contributed by atoms with E-state index in [-0.39, 0.29) is 13.2 Å². The van der Waals surface area contributed by atoms with E-state index >= 15 is 0 Å². The van der Waals surface area contributed by atoms with Crippen molar-refractivity contribution >= 4 is 11.7 Å². The number of carboxylic acids is 1. The Morgan fingerprint density at radius 2 is 2.00 bits per heavy atom. The van der Waals surface area contributed by atoms with Crippen molar-refractivity contribution in [3.05, 3.63) is 29.3 Å². The van der Waals surface area contributed by atoms with Crippen LogP contribution >= 0.6 is 0 Å². The zero-order valence-electron chi connectivity index (χ0n) is 9.61. The number of rotatable bonds is 6. The number of benzene rings is 1. The molecule has 3 N–H and O–H groups in total. The highest BCUT2D eigenvalue weighted by molar-refractivity contribution is 5.88. The van der Waals surface area contributed by atoms with Crippen LogP contribution in [0.3, 0.4) is 0 Å². The quantitative estimate of drug-likeness (QED) is 0.714. The summed E-state index contributed by atoms with van der Waals surface area (Å²) in [6.45, 7) is -0.330. The Kier molecular flexibility index (Phi) is 4.99. The molecule has 0 aromatic heterocycles. The molecule has 5 nitrogen and oxygen atoms in total. The Morgan fingerprint density at radius 1 is 1.44 bits per heavy atom. The van der Waals surface area contributed by atoms with Crippen LogP contribution in [0.4, 0.5) is 14.5 Å². The zero-order valence-corrected chi connectivity index (χ0v) is 9.61. The lowest BCUT2D eigenvalue weighted by atomic mass is 10.1. The Balaban J connectivity index is 2.99. The van der Waals surface area contributed by atoms with Crippen molar-refractivity contribution in [3.8, 4) is 0 Å². The van der Waals surface area contributed by atoms with E-state index in [1.54, 1.807) is 0 Å². The average Bonchev–Trinajstić information content (AvgIpc) is 2.31. The Labute approximate surface area is 102 Å². The Hall–Kier alpha value is -1.73. The van der Waals surface area contributed by atoms with Crippen LogP contribution < -0.4 is 5.32 Å². The number of hydrogen-bond donors (Lipinski definition) is 3. The van der Waals surface area contributed by atoms with Gasteiger partial charge in [0.1, 0.15) is 17.3 Å². The van der Waals surface area contributed by atoms with Gasteiger partial charge in [-0.1, -0.05) is 0 Å².